The third-order valence-corrected chi connectivity index (χ3v) is 7.48. The molecule has 0 saturated carbocycles. The molecule has 0 unspecified atom stereocenters. The van der Waals surface area contributed by atoms with E-state index in [1.807, 2.05) is 18.2 Å². The molecule has 0 aromatic heterocycles. The van der Waals surface area contributed by atoms with Crippen LogP contribution in [0.15, 0.2) is 53.4 Å². The highest BCUT2D eigenvalue weighted by Crippen LogP contribution is 2.22. The lowest BCUT2D eigenvalue weighted by Crippen LogP contribution is -2.38. The second kappa shape index (κ2) is 8.57. The van der Waals surface area contributed by atoms with Crippen LogP contribution in [0.2, 0.25) is 0 Å². The summed E-state index contributed by atoms with van der Waals surface area (Å²) in [5.74, 6) is -0.974. The van der Waals surface area contributed by atoms with Crippen LogP contribution in [0, 0.1) is 0 Å². The highest BCUT2D eigenvalue weighted by atomic mass is 32.2. The van der Waals surface area contributed by atoms with Crippen molar-refractivity contribution in [1.82, 2.24) is 9.21 Å². The third-order valence-electron chi connectivity index (χ3n) is 5.58. The molecule has 0 spiro atoms. The molecule has 1 amide bonds. The Morgan fingerprint density at radius 2 is 1.67 bits per heavy atom. The van der Waals surface area contributed by atoms with Crippen LogP contribution in [0.5, 0.6) is 0 Å². The maximum absolute atomic E-state index is 12.7. The second-order valence-corrected chi connectivity index (χ2v) is 9.49. The molecule has 2 aliphatic heterocycles. The normalized spacial score (nSPS) is 16.9. The smallest absolute Gasteiger partial charge is 0.338 e. The minimum absolute atomic E-state index is 0.0674. The SMILES string of the molecule is O=C(OCC(=O)N1CCc2ccccc2C1)c1cccc(S(=O)(=O)N2CCCC2)c1. The van der Waals surface area contributed by atoms with E-state index in [1.54, 1.807) is 4.90 Å². The van der Waals surface area contributed by atoms with E-state index in [0.717, 1.165) is 24.8 Å². The third kappa shape index (κ3) is 4.24. The summed E-state index contributed by atoms with van der Waals surface area (Å²) in [6, 6.07) is 13.8. The van der Waals surface area contributed by atoms with Crippen LogP contribution in [0.3, 0.4) is 0 Å². The Morgan fingerprint density at radius 3 is 2.43 bits per heavy atom. The highest BCUT2D eigenvalue weighted by Gasteiger charge is 2.28. The van der Waals surface area contributed by atoms with E-state index < -0.39 is 16.0 Å². The number of carbonyl (C=O) groups is 2. The maximum Gasteiger partial charge on any atom is 0.338 e. The van der Waals surface area contributed by atoms with Crippen molar-refractivity contribution in [2.45, 2.75) is 30.7 Å². The number of hydrogen-bond acceptors (Lipinski definition) is 5. The monoisotopic (exact) mass is 428 g/mol. The molecule has 2 aromatic carbocycles. The predicted octanol–water partition coefficient (Wildman–Crippen LogP) is 2.21. The summed E-state index contributed by atoms with van der Waals surface area (Å²) in [5, 5.41) is 0. The van der Waals surface area contributed by atoms with Gasteiger partial charge in [-0.3, -0.25) is 4.79 Å². The Morgan fingerprint density at radius 1 is 0.933 bits per heavy atom. The first kappa shape index (κ1) is 20.6. The molecule has 30 heavy (non-hydrogen) atoms. The minimum Gasteiger partial charge on any atom is -0.452 e. The Kier molecular flexibility index (Phi) is 5.87. The molecule has 0 N–H and O–H groups in total. The first-order valence-electron chi connectivity index (χ1n) is 10.1. The Balaban J connectivity index is 1.38. The van der Waals surface area contributed by atoms with Crippen LogP contribution < -0.4 is 0 Å². The fraction of sp³-hybridized carbons (Fsp3) is 0.364. The Hall–Kier alpha value is -2.71. The summed E-state index contributed by atoms with van der Waals surface area (Å²) in [4.78, 5) is 26.7. The van der Waals surface area contributed by atoms with E-state index in [0.29, 0.717) is 26.2 Å². The average molecular weight is 429 g/mol. The summed E-state index contributed by atoms with van der Waals surface area (Å²) in [7, 11) is -3.62. The van der Waals surface area contributed by atoms with Gasteiger partial charge in [0.1, 0.15) is 0 Å². The summed E-state index contributed by atoms with van der Waals surface area (Å²) < 4.78 is 32.0. The number of rotatable bonds is 5. The van der Waals surface area contributed by atoms with Gasteiger partial charge in [-0.2, -0.15) is 4.31 Å². The van der Waals surface area contributed by atoms with E-state index in [4.69, 9.17) is 4.74 Å². The minimum atomic E-state index is -3.62. The zero-order valence-corrected chi connectivity index (χ0v) is 17.4. The lowest BCUT2D eigenvalue weighted by Gasteiger charge is -2.28. The fourth-order valence-electron chi connectivity index (χ4n) is 3.87. The van der Waals surface area contributed by atoms with Gasteiger partial charge >= 0.3 is 5.97 Å². The largest absolute Gasteiger partial charge is 0.452 e. The van der Waals surface area contributed by atoms with Crippen LogP contribution in [-0.2, 0) is 32.5 Å². The molecule has 0 aliphatic carbocycles. The summed E-state index contributed by atoms with van der Waals surface area (Å²) in [6.07, 6.45) is 2.44. The molecule has 7 nitrogen and oxygen atoms in total. The number of ether oxygens (including phenoxy) is 1. The first-order valence-corrected chi connectivity index (χ1v) is 11.5. The van der Waals surface area contributed by atoms with E-state index >= 15 is 0 Å². The maximum atomic E-state index is 12.7. The van der Waals surface area contributed by atoms with Gasteiger partial charge in [0.05, 0.1) is 10.5 Å². The van der Waals surface area contributed by atoms with Gasteiger partial charge < -0.3 is 9.64 Å². The van der Waals surface area contributed by atoms with Crippen LogP contribution in [-0.4, -0.2) is 55.7 Å². The molecule has 158 valence electrons. The van der Waals surface area contributed by atoms with Crippen molar-refractivity contribution < 1.29 is 22.7 Å². The van der Waals surface area contributed by atoms with Gasteiger partial charge in [-0.1, -0.05) is 30.3 Å². The Bertz CT molecular complexity index is 1060. The van der Waals surface area contributed by atoms with E-state index in [9.17, 15) is 18.0 Å². The van der Waals surface area contributed by atoms with Gasteiger partial charge in [-0.15, -0.1) is 0 Å². The van der Waals surface area contributed by atoms with E-state index in [1.165, 1.54) is 34.1 Å². The standard InChI is InChI=1S/C22H24N2O5S/c25-21(23-13-10-17-6-1-2-7-19(17)15-23)16-29-22(26)18-8-5-9-20(14-18)30(27,28)24-11-3-4-12-24/h1-2,5-9,14H,3-4,10-13,15-16H2. The molecule has 2 aliphatic rings. The number of carbonyl (C=O) groups excluding carboxylic acids is 2. The van der Waals surface area contributed by atoms with Gasteiger partial charge in [0, 0.05) is 26.2 Å². The van der Waals surface area contributed by atoms with Crippen molar-refractivity contribution in [3.05, 3.63) is 65.2 Å². The zero-order chi connectivity index (χ0) is 21.1. The first-order chi connectivity index (χ1) is 14.4. The van der Waals surface area contributed by atoms with Gasteiger partial charge in [0.2, 0.25) is 10.0 Å². The fourth-order valence-corrected chi connectivity index (χ4v) is 5.44. The quantitative estimate of drug-likeness (QED) is 0.682. The van der Waals surface area contributed by atoms with Crippen LogP contribution in [0.4, 0.5) is 0 Å². The van der Waals surface area contributed by atoms with E-state index in [-0.39, 0.29) is 23.0 Å². The number of hydrogen-bond donors (Lipinski definition) is 0. The van der Waals surface area contributed by atoms with Crippen molar-refractivity contribution in [1.29, 1.82) is 0 Å². The van der Waals surface area contributed by atoms with Crippen LogP contribution >= 0.6 is 0 Å². The second-order valence-electron chi connectivity index (χ2n) is 7.55. The zero-order valence-electron chi connectivity index (χ0n) is 16.6. The van der Waals surface area contributed by atoms with Crippen molar-refractivity contribution in [2.75, 3.05) is 26.2 Å². The van der Waals surface area contributed by atoms with Gasteiger partial charge in [-0.25, -0.2) is 13.2 Å². The van der Waals surface area contributed by atoms with Crippen molar-refractivity contribution in [2.24, 2.45) is 0 Å². The molecule has 1 fully saturated rings. The number of amides is 1. The van der Waals surface area contributed by atoms with Gasteiger partial charge in [-0.05, 0) is 48.6 Å². The predicted molar refractivity (Wildman–Crippen MR) is 110 cm³/mol. The van der Waals surface area contributed by atoms with Gasteiger partial charge in [0.25, 0.3) is 5.91 Å². The highest BCUT2D eigenvalue weighted by molar-refractivity contribution is 7.89. The Labute approximate surface area is 176 Å². The number of sulfonamides is 1. The molecule has 2 heterocycles. The number of benzene rings is 2. The van der Waals surface area contributed by atoms with Crippen LogP contribution in [0.25, 0.3) is 0 Å². The number of esters is 1. The molecule has 0 radical (unpaired) electrons. The summed E-state index contributed by atoms with van der Waals surface area (Å²) >= 11 is 0. The lowest BCUT2D eigenvalue weighted by molar-refractivity contribution is -0.135. The molecule has 8 heteroatoms. The topological polar surface area (TPSA) is 84.0 Å². The van der Waals surface area contributed by atoms with Gasteiger partial charge in [0.15, 0.2) is 6.61 Å². The van der Waals surface area contributed by atoms with Crippen LogP contribution in [0.1, 0.15) is 34.3 Å². The molecular weight excluding hydrogens is 404 g/mol. The lowest BCUT2D eigenvalue weighted by atomic mass is 10.00. The summed E-state index contributed by atoms with van der Waals surface area (Å²) in [5.41, 5.74) is 2.45. The molecular formula is C22H24N2O5S. The number of fused-ring (bicyclic) bond motifs is 1. The molecule has 1 saturated heterocycles. The molecule has 4 rings (SSSR count). The summed E-state index contributed by atoms with van der Waals surface area (Å²) in [6.45, 7) is 1.69. The van der Waals surface area contributed by atoms with Crippen molar-refractivity contribution in [3.8, 4) is 0 Å². The average Bonchev–Trinajstić information content (AvgIpc) is 3.33. The molecule has 0 bridgehead atoms. The van der Waals surface area contributed by atoms with E-state index in [2.05, 4.69) is 6.07 Å². The van der Waals surface area contributed by atoms with Crippen molar-refractivity contribution in [3.63, 3.8) is 0 Å². The number of nitrogens with zero attached hydrogens (tertiary/aromatic N) is 2. The molecule has 0 atom stereocenters. The molecule has 2 aromatic rings. The van der Waals surface area contributed by atoms with Crippen molar-refractivity contribution >= 4 is 21.9 Å².